The highest BCUT2D eigenvalue weighted by atomic mass is 16.6. The number of aliphatic carboxylic acids is 1. The van der Waals surface area contributed by atoms with Gasteiger partial charge in [-0.3, -0.25) is 9.59 Å². The Morgan fingerprint density at radius 3 is 2.87 bits per heavy atom. The zero-order valence-corrected chi connectivity index (χ0v) is 13.8. The molecule has 4 bridgehead atoms. The smallest absolute Gasteiger partial charge is 0.312 e. The largest absolute Gasteiger partial charge is 0.481 e. The molecule has 0 aromatic heterocycles. The maximum Gasteiger partial charge on any atom is 0.312 e. The van der Waals surface area contributed by atoms with Crippen LogP contribution >= 0.6 is 0 Å². The SMILES string of the molecule is CC1=C[C@]23C[C@H]1CC[C@H]2[C@@]12CCC[C@@](C)(C(=O)O1)[C@H]2[C@@H]3C(=O)O. The number of carboxylic acid groups (broad SMARTS) is 1. The number of fused-ring (bicyclic) bond motifs is 1. The summed E-state index contributed by atoms with van der Waals surface area (Å²) in [6, 6.07) is 0. The molecule has 4 fully saturated rings. The molecule has 23 heavy (non-hydrogen) atoms. The minimum absolute atomic E-state index is 0.137. The standard InChI is InChI=1S/C19H24O4/c1-10-8-18-9-11(10)4-5-12(18)19-7-3-6-17(2,16(22)23-19)14(19)13(18)15(20)21/h8,11-14H,3-7,9H2,1-2H3,(H,20,21)/t11-,12-,13-,14-,17-,18+,19-/m1/s1. The molecular weight excluding hydrogens is 292 g/mol. The highest BCUT2D eigenvalue weighted by Crippen LogP contribution is 2.76. The van der Waals surface area contributed by atoms with Crippen LogP contribution in [-0.2, 0) is 14.3 Å². The van der Waals surface area contributed by atoms with E-state index in [0.717, 1.165) is 38.5 Å². The van der Waals surface area contributed by atoms with Gasteiger partial charge in [0.25, 0.3) is 0 Å². The molecule has 5 aliphatic rings. The first-order valence-corrected chi connectivity index (χ1v) is 9.01. The third kappa shape index (κ3) is 1.29. The van der Waals surface area contributed by atoms with Crippen molar-refractivity contribution in [3.05, 3.63) is 11.6 Å². The summed E-state index contributed by atoms with van der Waals surface area (Å²) >= 11 is 0. The summed E-state index contributed by atoms with van der Waals surface area (Å²) in [5.74, 6) is -0.751. The lowest BCUT2D eigenvalue weighted by Crippen LogP contribution is -2.47. The number of carbonyl (C=O) groups excluding carboxylic acids is 1. The Kier molecular flexibility index (Phi) is 2.35. The summed E-state index contributed by atoms with van der Waals surface area (Å²) in [5.41, 5.74) is -0.0384. The van der Waals surface area contributed by atoms with E-state index in [1.807, 2.05) is 6.92 Å². The van der Waals surface area contributed by atoms with Gasteiger partial charge >= 0.3 is 11.9 Å². The van der Waals surface area contributed by atoms with Gasteiger partial charge in [-0.15, -0.1) is 0 Å². The van der Waals surface area contributed by atoms with Crippen LogP contribution in [0.15, 0.2) is 11.6 Å². The Hall–Kier alpha value is -1.32. The van der Waals surface area contributed by atoms with Crippen LogP contribution in [-0.4, -0.2) is 22.6 Å². The van der Waals surface area contributed by atoms with Gasteiger partial charge in [-0.05, 0) is 58.3 Å². The average Bonchev–Trinajstić information content (AvgIpc) is 2.92. The third-order valence-electron chi connectivity index (χ3n) is 8.19. The first-order valence-electron chi connectivity index (χ1n) is 9.01. The van der Waals surface area contributed by atoms with Crippen LogP contribution < -0.4 is 0 Å². The van der Waals surface area contributed by atoms with Crippen LogP contribution in [0.1, 0.15) is 52.4 Å². The first-order chi connectivity index (χ1) is 10.9. The normalized spacial score (nSPS) is 55.9. The molecule has 7 atom stereocenters. The van der Waals surface area contributed by atoms with Crippen LogP contribution in [0.4, 0.5) is 0 Å². The first kappa shape index (κ1) is 14.1. The van der Waals surface area contributed by atoms with E-state index in [0.29, 0.717) is 5.92 Å². The molecule has 1 aliphatic heterocycles. The molecule has 1 N–H and O–H groups in total. The maximum atomic E-state index is 12.7. The van der Waals surface area contributed by atoms with E-state index in [9.17, 15) is 14.7 Å². The second-order valence-corrected chi connectivity index (χ2v) is 8.94. The number of rotatable bonds is 1. The zero-order chi connectivity index (χ0) is 16.2. The zero-order valence-electron chi connectivity index (χ0n) is 13.8. The predicted molar refractivity (Wildman–Crippen MR) is 82.4 cm³/mol. The summed E-state index contributed by atoms with van der Waals surface area (Å²) in [4.78, 5) is 25.0. The van der Waals surface area contributed by atoms with Gasteiger partial charge in [0, 0.05) is 17.3 Å². The van der Waals surface area contributed by atoms with Crippen LogP contribution in [0.3, 0.4) is 0 Å². The lowest BCUT2D eigenvalue weighted by atomic mass is 9.60. The van der Waals surface area contributed by atoms with Crippen molar-refractivity contribution < 1.29 is 19.4 Å². The number of hydrogen-bond donors (Lipinski definition) is 1. The van der Waals surface area contributed by atoms with Crippen LogP contribution in [0, 0.1) is 34.5 Å². The van der Waals surface area contributed by atoms with E-state index in [4.69, 9.17) is 4.74 Å². The van der Waals surface area contributed by atoms with Crippen molar-refractivity contribution in [2.75, 3.05) is 0 Å². The molecule has 5 rings (SSSR count). The van der Waals surface area contributed by atoms with Crippen molar-refractivity contribution in [1.82, 2.24) is 0 Å². The molecule has 4 nitrogen and oxygen atoms in total. The maximum absolute atomic E-state index is 12.7. The molecule has 1 spiro atoms. The van der Waals surface area contributed by atoms with Crippen molar-refractivity contribution in [1.29, 1.82) is 0 Å². The highest BCUT2D eigenvalue weighted by molar-refractivity contribution is 5.84. The van der Waals surface area contributed by atoms with Crippen molar-refractivity contribution >= 4 is 11.9 Å². The van der Waals surface area contributed by atoms with E-state index in [-0.39, 0.29) is 23.2 Å². The van der Waals surface area contributed by atoms with Gasteiger partial charge in [0.15, 0.2) is 0 Å². The number of allylic oxidation sites excluding steroid dienone is 2. The molecule has 1 saturated heterocycles. The number of esters is 1. The fourth-order valence-electron chi connectivity index (χ4n) is 7.54. The molecule has 0 aromatic rings. The van der Waals surface area contributed by atoms with Crippen molar-refractivity contribution in [3.8, 4) is 0 Å². The highest BCUT2D eigenvalue weighted by Gasteiger charge is 2.81. The molecule has 0 amide bonds. The second kappa shape index (κ2) is 3.84. The van der Waals surface area contributed by atoms with Crippen molar-refractivity contribution in [2.45, 2.75) is 58.0 Å². The minimum Gasteiger partial charge on any atom is -0.481 e. The van der Waals surface area contributed by atoms with Gasteiger partial charge in [0.1, 0.15) is 5.60 Å². The number of ether oxygens (including phenoxy) is 1. The quantitative estimate of drug-likeness (QED) is 0.596. The van der Waals surface area contributed by atoms with E-state index >= 15 is 0 Å². The average molecular weight is 316 g/mol. The van der Waals surface area contributed by atoms with E-state index in [1.165, 1.54) is 5.57 Å². The van der Waals surface area contributed by atoms with Gasteiger partial charge in [-0.25, -0.2) is 0 Å². The number of hydrogen-bond acceptors (Lipinski definition) is 3. The molecular formula is C19H24O4. The van der Waals surface area contributed by atoms with E-state index in [2.05, 4.69) is 13.0 Å². The van der Waals surface area contributed by atoms with Crippen LogP contribution in [0.2, 0.25) is 0 Å². The Morgan fingerprint density at radius 2 is 2.13 bits per heavy atom. The van der Waals surface area contributed by atoms with Gasteiger partial charge < -0.3 is 9.84 Å². The molecule has 0 radical (unpaired) electrons. The van der Waals surface area contributed by atoms with E-state index in [1.54, 1.807) is 0 Å². The van der Waals surface area contributed by atoms with Crippen molar-refractivity contribution in [3.63, 3.8) is 0 Å². The predicted octanol–water partition coefficient (Wildman–Crippen LogP) is 3.17. The summed E-state index contributed by atoms with van der Waals surface area (Å²) < 4.78 is 6.10. The third-order valence-corrected chi connectivity index (χ3v) is 8.19. The number of carbonyl (C=O) groups is 2. The molecule has 4 aliphatic carbocycles. The fourth-order valence-corrected chi connectivity index (χ4v) is 7.54. The second-order valence-electron chi connectivity index (χ2n) is 8.94. The lowest BCUT2D eigenvalue weighted by Gasteiger charge is -2.43. The molecule has 0 unspecified atom stereocenters. The lowest BCUT2D eigenvalue weighted by molar-refractivity contribution is -0.159. The molecule has 4 heteroatoms. The number of carboxylic acids is 1. The summed E-state index contributed by atoms with van der Waals surface area (Å²) in [5, 5.41) is 10.2. The van der Waals surface area contributed by atoms with E-state index < -0.39 is 22.9 Å². The van der Waals surface area contributed by atoms with Crippen LogP contribution in [0.5, 0.6) is 0 Å². The Balaban J connectivity index is 1.77. The van der Waals surface area contributed by atoms with Gasteiger partial charge in [-0.2, -0.15) is 0 Å². The van der Waals surface area contributed by atoms with Gasteiger partial charge in [0.05, 0.1) is 11.3 Å². The minimum atomic E-state index is -0.722. The molecule has 3 saturated carbocycles. The molecule has 124 valence electrons. The summed E-state index contributed by atoms with van der Waals surface area (Å²) in [6.45, 7) is 4.13. The molecule has 1 heterocycles. The van der Waals surface area contributed by atoms with Gasteiger partial charge in [0.2, 0.25) is 0 Å². The topological polar surface area (TPSA) is 63.6 Å². The fraction of sp³-hybridized carbons (Fsp3) is 0.789. The van der Waals surface area contributed by atoms with Gasteiger partial charge in [-0.1, -0.05) is 11.6 Å². The summed E-state index contributed by atoms with van der Waals surface area (Å²) in [6.07, 6.45) is 7.96. The van der Waals surface area contributed by atoms with Crippen molar-refractivity contribution in [2.24, 2.45) is 34.5 Å². The van der Waals surface area contributed by atoms with Crippen LogP contribution in [0.25, 0.3) is 0 Å². The Morgan fingerprint density at radius 1 is 1.35 bits per heavy atom. The Labute approximate surface area is 136 Å². The monoisotopic (exact) mass is 316 g/mol. The molecule has 0 aromatic carbocycles. The Bertz CT molecular complexity index is 666. The summed E-state index contributed by atoms with van der Waals surface area (Å²) in [7, 11) is 0.